The summed E-state index contributed by atoms with van der Waals surface area (Å²) in [5.41, 5.74) is 7.87. The molecule has 0 atom stereocenters. The lowest BCUT2D eigenvalue weighted by molar-refractivity contribution is -0.118. The largest absolute Gasteiger partial charge is 0.493 e. The maximum atomic E-state index is 12.1. The van der Waals surface area contributed by atoms with E-state index in [2.05, 4.69) is 58.5 Å². The summed E-state index contributed by atoms with van der Waals surface area (Å²) in [6.07, 6.45) is 1.57. The first-order valence-corrected chi connectivity index (χ1v) is 12.9. The van der Waals surface area contributed by atoms with Crippen molar-refractivity contribution in [1.82, 2.24) is 5.43 Å². The van der Waals surface area contributed by atoms with E-state index in [1.165, 1.54) is 16.7 Å². The van der Waals surface area contributed by atoms with Crippen molar-refractivity contribution >= 4 is 51.4 Å². The van der Waals surface area contributed by atoms with Crippen LogP contribution in [0.5, 0.6) is 11.5 Å². The minimum absolute atomic E-state index is 0.156. The van der Waals surface area contributed by atoms with Gasteiger partial charge in [0, 0.05) is 16.3 Å². The van der Waals surface area contributed by atoms with Gasteiger partial charge in [-0.15, -0.1) is 11.8 Å². The van der Waals surface area contributed by atoms with Gasteiger partial charge in [-0.25, -0.2) is 5.43 Å². The van der Waals surface area contributed by atoms with Gasteiger partial charge in [0.25, 0.3) is 0 Å². The fourth-order valence-electron chi connectivity index (χ4n) is 3.34. The van der Waals surface area contributed by atoms with E-state index in [1.807, 2.05) is 30.3 Å². The van der Waals surface area contributed by atoms with E-state index in [4.69, 9.17) is 21.1 Å². The molecule has 1 amide bonds. The Bertz CT molecular complexity index is 1170. The monoisotopic (exact) mass is 560 g/mol. The van der Waals surface area contributed by atoms with Crippen molar-refractivity contribution in [3.05, 3.63) is 91.9 Å². The molecule has 178 valence electrons. The molecular formula is C26H26BrClN2O3S. The summed E-state index contributed by atoms with van der Waals surface area (Å²) in [4.78, 5) is 12.1. The molecule has 3 aromatic carbocycles. The number of hydrogen-bond acceptors (Lipinski definition) is 5. The number of aryl methyl sites for hydroxylation is 2. The van der Waals surface area contributed by atoms with Gasteiger partial charge in [-0.2, -0.15) is 5.10 Å². The van der Waals surface area contributed by atoms with Crippen molar-refractivity contribution in [3.63, 3.8) is 0 Å². The Labute approximate surface area is 218 Å². The molecule has 0 saturated carbocycles. The number of hydrazone groups is 1. The number of nitrogens with zero attached hydrogens (tertiary/aromatic N) is 1. The average molecular weight is 562 g/mol. The normalized spacial score (nSPS) is 11.0. The summed E-state index contributed by atoms with van der Waals surface area (Å²) in [6.45, 7) is 4.46. The predicted molar refractivity (Wildman–Crippen MR) is 144 cm³/mol. The van der Waals surface area contributed by atoms with Gasteiger partial charge in [0.05, 0.1) is 23.5 Å². The molecule has 3 aromatic rings. The summed E-state index contributed by atoms with van der Waals surface area (Å²) < 4.78 is 12.1. The third-order valence-electron chi connectivity index (χ3n) is 4.77. The van der Waals surface area contributed by atoms with Crippen LogP contribution in [-0.4, -0.2) is 25.0 Å². The number of amides is 1. The quantitative estimate of drug-likeness (QED) is 0.221. The Kier molecular flexibility index (Phi) is 9.86. The highest BCUT2D eigenvalue weighted by Gasteiger charge is 2.12. The first-order chi connectivity index (χ1) is 16.4. The molecule has 0 bridgehead atoms. The van der Waals surface area contributed by atoms with Crippen LogP contribution < -0.4 is 14.9 Å². The van der Waals surface area contributed by atoms with Crippen LogP contribution in [0, 0.1) is 13.8 Å². The molecule has 0 saturated heterocycles. The van der Waals surface area contributed by atoms with Crippen molar-refractivity contribution in [2.45, 2.75) is 26.2 Å². The van der Waals surface area contributed by atoms with Gasteiger partial charge in [0.15, 0.2) is 11.5 Å². The summed E-state index contributed by atoms with van der Waals surface area (Å²) >= 11 is 11.3. The van der Waals surface area contributed by atoms with Gasteiger partial charge in [0.2, 0.25) is 5.91 Å². The fraction of sp³-hybridized carbons (Fsp3) is 0.231. The van der Waals surface area contributed by atoms with Crippen molar-refractivity contribution < 1.29 is 14.3 Å². The number of thioether (sulfide) groups is 1. The average Bonchev–Trinajstić information content (AvgIpc) is 2.78. The Morgan fingerprint density at radius 3 is 2.59 bits per heavy atom. The van der Waals surface area contributed by atoms with Crippen LogP contribution in [0.25, 0.3) is 0 Å². The predicted octanol–water partition coefficient (Wildman–Crippen LogP) is 6.69. The van der Waals surface area contributed by atoms with E-state index in [0.717, 1.165) is 16.9 Å². The minimum atomic E-state index is -0.156. The van der Waals surface area contributed by atoms with Crippen molar-refractivity contribution in [3.8, 4) is 11.5 Å². The third-order valence-corrected chi connectivity index (χ3v) is 6.73. The Hall–Kier alpha value is -2.48. The molecule has 1 N–H and O–H groups in total. The second-order valence-electron chi connectivity index (χ2n) is 7.70. The van der Waals surface area contributed by atoms with Crippen LogP contribution in [0.3, 0.4) is 0 Å². The number of hydrogen-bond donors (Lipinski definition) is 1. The number of methoxy groups -OCH3 is 1. The molecule has 0 aliphatic rings. The van der Waals surface area contributed by atoms with Crippen LogP contribution >= 0.6 is 39.3 Å². The number of carbonyl (C=O) groups is 1. The zero-order valence-electron chi connectivity index (χ0n) is 19.2. The Balaban J connectivity index is 1.54. The molecule has 0 spiro atoms. The smallest absolute Gasteiger partial charge is 0.250 e. The molecular weight excluding hydrogens is 536 g/mol. The Morgan fingerprint density at radius 1 is 1.15 bits per heavy atom. The molecule has 8 heteroatoms. The second-order valence-corrected chi connectivity index (χ2v) is 9.94. The third kappa shape index (κ3) is 7.79. The highest BCUT2D eigenvalue weighted by Crippen LogP contribution is 2.37. The van der Waals surface area contributed by atoms with E-state index in [1.54, 1.807) is 31.2 Å². The molecule has 0 aromatic heterocycles. The van der Waals surface area contributed by atoms with Crippen LogP contribution in [0.15, 0.2) is 64.2 Å². The molecule has 0 heterocycles. The summed E-state index contributed by atoms with van der Waals surface area (Å²) in [5.74, 6) is 2.05. The van der Waals surface area contributed by atoms with Gasteiger partial charge >= 0.3 is 0 Å². The van der Waals surface area contributed by atoms with E-state index >= 15 is 0 Å². The van der Waals surface area contributed by atoms with E-state index in [-0.39, 0.29) is 5.91 Å². The summed E-state index contributed by atoms with van der Waals surface area (Å²) in [7, 11) is 1.57. The number of benzene rings is 3. The Morgan fingerprint density at radius 2 is 1.88 bits per heavy atom. The van der Waals surface area contributed by atoms with Crippen molar-refractivity contribution in [2.24, 2.45) is 5.10 Å². The van der Waals surface area contributed by atoms with Gasteiger partial charge < -0.3 is 9.47 Å². The summed E-state index contributed by atoms with van der Waals surface area (Å²) in [5, 5.41) is 4.72. The first kappa shape index (κ1) is 26.1. The summed E-state index contributed by atoms with van der Waals surface area (Å²) in [6, 6.07) is 17.6. The highest BCUT2D eigenvalue weighted by molar-refractivity contribution is 9.10. The molecule has 0 aliphatic carbocycles. The van der Waals surface area contributed by atoms with E-state index in [9.17, 15) is 4.79 Å². The lowest BCUT2D eigenvalue weighted by atomic mass is 10.1. The van der Waals surface area contributed by atoms with Gasteiger partial charge in [-0.1, -0.05) is 59.1 Å². The zero-order chi connectivity index (χ0) is 24.5. The number of rotatable bonds is 10. The zero-order valence-corrected chi connectivity index (χ0v) is 22.4. The molecule has 34 heavy (non-hydrogen) atoms. The number of carbonyl (C=O) groups excluding carboxylic acids is 1. The van der Waals surface area contributed by atoms with Crippen LogP contribution in [0.2, 0.25) is 5.02 Å². The highest BCUT2D eigenvalue weighted by atomic mass is 79.9. The number of ether oxygens (including phenoxy) is 2. The van der Waals surface area contributed by atoms with Gasteiger partial charge in [0.1, 0.15) is 6.61 Å². The number of nitrogens with one attached hydrogen (secondary N) is 1. The lowest BCUT2D eigenvalue weighted by Crippen LogP contribution is -2.19. The van der Waals surface area contributed by atoms with Crippen molar-refractivity contribution in [1.29, 1.82) is 0 Å². The van der Waals surface area contributed by atoms with Gasteiger partial charge in [-0.05, 0) is 59.1 Å². The SMILES string of the molecule is COc1cc(/C=N\NC(=O)CSCc2cc(C)cc(C)c2)cc(Br)c1OCc1ccccc1Cl. The van der Waals surface area contributed by atoms with Gasteiger partial charge in [-0.3, -0.25) is 4.79 Å². The number of halogens is 2. The molecule has 5 nitrogen and oxygen atoms in total. The van der Waals surface area contributed by atoms with E-state index in [0.29, 0.717) is 33.4 Å². The maximum absolute atomic E-state index is 12.1. The molecule has 0 fully saturated rings. The minimum Gasteiger partial charge on any atom is -0.493 e. The molecule has 0 aliphatic heterocycles. The fourth-order valence-corrected chi connectivity index (χ4v) is 4.86. The molecule has 0 radical (unpaired) electrons. The van der Waals surface area contributed by atoms with Crippen LogP contribution in [-0.2, 0) is 17.2 Å². The standard InChI is InChI=1S/C26H26BrClN2O3S/c1-17-8-18(2)10-20(9-17)15-34-16-25(31)30-29-13-19-11-22(27)26(24(12-19)32-3)33-14-21-6-4-5-7-23(21)28/h4-13H,14-16H2,1-3H3,(H,30,31)/b29-13-. The first-order valence-electron chi connectivity index (χ1n) is 10.6. The topological polar surface area (TPSA) is 59.9 Å². The maximum Gasteiger partial charge on any atom is 0.250 e. The molecule has 3 rings (SSSR count). The lowest BCUT2D eigenvalue weighted by Gasteiger charge is -2.14. The van der Waals surface area contributed by atoms with Crippen molar-refractivity contribution in [2.75, 3.05) is 12.9 Å². The van der Waals surface area contributed by atoms with Crippen LogP contribution in [0.1, 0.15) is 27.8 Å². The van der Waals surface area contributed by atoms with Crippen LogP contribution in [0.4, 0.5) is 0 Å². The van der Waals surface area contributed by atoms with E-state index < -0.39 is 0 Å². The second kappa shape index (κ2) is 12.8. The molecule has 0 unspecified atom stereocenters.